The number of carbonyl (C=O) groups is 1. The van der Waals surface area contributed by atoms with Gasteiger partial charge in [-0.25, -0.2) is 0 Å². The topological polar surface area (TPSA) is 44.1 Å². The number of carbonyl (C=O) groups excluding carboxylic acids is 1. The molecule has 4 heteroatoms. The molecular formula is C26H40N2O2. The number of hydrogen-bond donors (Lipinski definition) is 0. The number of ketones is 1. The summed E-state index contributed by atoms with van der Waals surface area (Å²) in [4.78, 5) is 13.4. The molecule has 1 aromatic rings. The molecule has 7 atom stereocenters. The zero-order valence-corrected chi connectivity index (χ0v) is 19.2. The zero-order chi connectivity index (χ0) is 20.9. The van der Waals surface area contributed by atoms with Crippen molar-refractivity contribution in [1.82, 2.24) is 9.78 Å². The Bertz CT molecular complexity index is 784. The first-order valence-electron chi connectivity index (χ1n) is 12.5. The third-order valence-corrected chi connectivity index (χ3v) is 10.2. The summed E-state index contributed by atoms with van der Waals surface area (Å²) < 4.78 is 7.74. The Hall–Kier alpha value is -1.16. The Morgan fingerprint density at radius 3 is 2.77 bits per heavy atom. The zero-order valence-electron chi connectivity index (χ0n) is 19.2. The van der Waals surface area contributed by atoms with Crippen molar-refractivity contribution < 1.29 is 9.53 Å². The molecule has 4 aliphatic carbocycles. The van der Waals surface area contributed by atoms with Gasteiger partial charge in [0, 0.05) is 19.2 Å². The standard InChI is InChI=1S/C26H40N2O2/c1-18-14-27-28(15-18)16-24(29)23-10-9-21-20-8-7-19-6-4-5-12-26(19,17-30-3)22(20)11-13-25(21,23)2/h14-15,19-23H,4-13,16-17H2,1-3H3/t19?,20-,21-,22?,23+,25-,26+/m0/s1. The minimum Gasteiger partial charge on any atom is -0.384 e. The second kappa shape index (κ2) is 7.76. The Morgan fingerprint density at radius 2 is 2.00 bits per heavy atom. The largest absolute Gasteiger partial charge is 0.384 e. The van der Waals surface area contributed by atoms with Crippen molar-refractivity contribution in [2.24, 2.45) is 40.4 Å². The van der Waals surface area contributed by atoms with Gasteiger partial charge in [-0.05, 0) is 98.4 Å². The van der Waals surface area contributed by atoms with Crippen molar-refractivity contribution in [3.8, 4) is 0 Å². The number of rotatable bonds is 5. The van der Waals surface area contributed by atoms with Gasteiger partial charge >= 0.3 is 0 Å². The van der Waals surface area contributed by atoms with E-state index in [0.717, 1.165) is 42.3 Å². The molecule has 1 aromatic heterocycles. The van der Waals surface area contributed by atoms with E-state index < -0.39 is 0 Å². The summed E-state index contributed by atoms with van der Waals surface area (Å²) in [6, 6.07) is 0. The van der Waals surface area contributed by atoms with Crippen molar-refractivity contribution in [1.29, 1.82) is 0 Å². The summed E-state index contributed by atoms with van der Waals surface area (Å²) in [5, 5.41) is 4.38. The lowest BCUT2D eigenvalue weighted by molar-refractivity contribution is -0.150. The molecule has 4 fully saturated rings. The van der Waals surface area contributed by atoms with Crippen molar-refractivity contribution in [3.05, 3.63) is 18.0 Å². The second-order valence-corrected chi connectivity index (χ2v) is 11.4. The predicted molar refractivity (Wildman–Crippen MR) is 118 cm³/mol. The minimum absolute atomic E-state index is 0.191. The smallest absolute Gasteiger partial charge is 0.157 e. The van der Waals surface area contributed by atoms with Crippen molar-refractivity contribution >= 4 is 5.78 Å². The number of nitrogens with zero attached hydrogens (tertiary/aromatic N) is 2. The number of aromatic nitrogens is 2. The highest BCUT2D eigenvalue weighted by Crippen LogP contribution is 2.67. The normalized spacial score (nSPS) is 43.0. The van der Waals surface area contributed by atoms with E-state index in [2.05, 4.69) is 12.0 Å². The van der Waals surface area contributed by atoms with Crippen LogP contribution in [0.1, 0.15) is 76.7 Å². The number of aryl methyl sites for hydroxylation is 1. The molecule has 0 radical (unpaired) electrons. The number of hydrogen-bond acceptors (Lipinski definition) is 3. The Labute approximate surface area is 182 Å². The first-order valence-corrected chi connectivity index (χ1v) is 12.5. The average molecular weight is 413 g/mol. The molecule has 4 nitrogen and oxygen atoms in total. The number of methoxy groups -OCH3 is 1. The maximum Gasteiger partial charge on any atom is 0.157 e. The highest BCUT2D eigenvalue weighted by Gasteiger charge is 2.61. The number of Topliss-reactive ketones (excluding diaryl/α,β-unsaturated/α-hetero) is 1. The van der Waals surface area contributed by atoms with Crippen LogP contribution < -0.4 is 0 Å². The molecule has 166 valence electrons. The van der Waals surface area contributed by atoms with Crippen LogP contribution in [0.2, 0.25) is 0 Å². The van der Waals surface area contributed by atoms with Gasteiger partial charge in [0.1, 0.15) is 0 Å². The van der Waals surface area contributed by atoms with Crippen LogP contribution >= 0.6 is 0 Å². The molecule has 0 saturated heterocycles. The van der Waals surface area contributed by atoms with Crippen molar-refractivity contribution in [2.45, 2.75) is 84.6 Å². The van der Waals surface area contributed by atoms with Crippen LogP contribution in [0.3, 0.4) is 0 Å². The van der Waals surface area contributed by atoms with Gasteiger partial charge in [-0.3, -0.25) is 9.48 Å². The van der Waals surface area contributed by atoms with Crippen LogP contribution in [0.4, 0.5) is 0 Å². The van der Waals surface area contributed by atoms with Crippen LogP contribution in [-0.4, -0.2) is 29.3 Å². The third kappa shape index (κ3) is 3.12. The fraction of sp³-hybridized carbons (Fsp3) is 0.846. The van der Waals surface area contributed by atoms with Crippen molar-refractivity contribution in [2.75, 3.05) is 13.7 Å². The molecule has 4 aliphatic rings. The monoisotopic (exact) mass is 412 g/mol. The third-order valence-electron chi connectivity index (χ3n) is 10.2. The SMILES string of the molecule is COC[C@]12CCCCC1CC[C@@H]1C2CC[C@]2(C)[C@@H](C(=O)Cn3cc(C)cn3)CC[C@@H]12. The van der Waals surface area contributed by atoms with E-state index in [9.17, 15) is 4.79 Å². The van der Waals surface area contributed by atoms with E-state index in [1.165, 1.54) is 57.8 Å². The van der Waals surface area contributed by atoms with Gasteiger partial charge in [0.15, 0.2) is 5.78 Å². The van der Waals surface area contributed by atoms with Gasteiger partial charge in [0.05, 0.1) is 19.3 Å². The maximum atomic E-state index is 13.4. The van der Waals surface area contributed by atoms with Crippen LogP contribution in [0.5, 0.6) is 0 Å². The molecule has 1 heterocycles. The lowest BCUT2D eigenvalue weighted by Gasteiger charge is -2.61. The summed E-state index contributed by atoms with van der Waals surface area (Å²) in [5.41, 5.74) is 1.74. The van der Waals surface area contributed by atoms with Gasteiger partial charge < -0.3 is 4.74 Å². The van der Waals surface area contributed by atoms with E-state index in [4.69, 9.17) is 4.74 Å². The second-order valence-electron chi connectivity index (χ2n) is 11.4. The predicted octanol–water partition coefficient (Wildman–Crippen LogP) is 5.44. The van der Waals surface area contributed by atoms with Gasteiger partial charge in [-0.1, -0.05) is 19.8 Å². The van der Waals surface area contributed by atoms with Gasteiger partial charge in [0.25, 0.3) is 0 Å². The van der Waals surface area contributed by atoms with E-state index in [0.29, 0.717) is 17.7 Å². The number of fused-ring (bicyclic) bond motifs is 5. The Kier molecular flexibility index (Phi) is 5.36. The Morgan fingerprint density at radius 1 is 1.13 bits per heavy atom. The van der Waals surface area contributed by atoms with Gasteiger partial charge in [-0.2, -0.15) is 5.10 Å². The minimum atomic E-state index is 0.191. The van der Waals surface area contributed by atoms with E-state index >= 15 is 0 Å². The highest BCUT2D eigenvalue weighted by atomic mass is 16.5. The molecular weight excluding hydrogens is 372 g/mol. The molecule has 30 heavy (non-hydrogen) atoms. The molecule has 0 N–H and O–H groups in total. The van der Waals surface area contributed by atoms with Crippen LogP contribution in [-0.2, 0) is 16.1 Å². The molecule has 5 rings (SSSR count). The fourth-order valence-corrected chi connectivity index (χ4v) is 8.97. The van der Waals surface area contributed by atoms with E-state index in [1.807, 2.05) is 31.1 Å². The van der Waals surface area contributed by atoms with Gasteiger partial charge in [-0.15, -0.1) is 0 Å². The first-order chi connectivity index (χ1) is 14.5. The fourth-order valence-electron chi connectivity index (χ4n) is 8.97. The summed E-state index contributed by atoms with van der Waals surface area (Å²) in [5.74, 6) is 3.85. The highest BCUT2D eigenvalue weighted by molar-refractivity contribution is 5.82. The van der Waals surface area contributed by atoms with E-state index in [-0.39, 0.29) is 11.3 Å². The summed E-state index contributed by atoms with van der Waals surface area (Å²) in [6.07, 6.45) is 17.1. The molecule has 0 aromatic carbocycles. The lowest BCUT2D eigenvalue weighted by Crippen LogP contribution is -2.56. The first kappa shape index (κ1) is 20.7. The quantitative estimate of drug-likeness (QED) is 0.647. The molecule has 0 amide bonds. The summed E-state index contributed by atoms with van der Waals surface area (Å²) >= 11 is 0. The summed E-state index contributed by atoms with van der Waals surface area (Å²) in [6.45, 7) is 5.92. The van der Waals surface area contributed by atoms with Crippen LogP contribution in [0.25, 0.3) is 0 Å². The van der Waals surface area contributed by atoms with Crippen LogP contribution in [0, 0.1) is 47.3 Å². The number of ether oxygens (including phenoxy) is 1. The lowest BCUT2D eigenvalue weighted by atomic mass is 9.44. The summed E-state index contributed by atoms with van der Waals surface area (Å²) in [7, 11) is 1.91. The molecule has 0 aliphatic heterocycles. The molecule has 0 bridgehead atoms. The molecule has 2 unspecified atom stereocenters. The van der Waals surface area contributed by atoms with Crippen molar-refractivity contribution in [3.63, 3.8) is 0 Å². The van der Waals surface area contributed by atoms with E-state index in [1.54, 1.807) is 0 Å². The maximum absolute atomic E-state index is 13.4. The molecule has 4 saturated carbocycles. The average Bonchev–Trinajstić information content (AvgIpc) is 3.30. The van der Waals surface area contributed by atoms with Gasteiger partial charge in [0.2, 0.25) is 0 Å². The van der Waals surface area contributed by atoms with Crippen LogP contribution in [0.15, 0.2) is 12.4 Å². The molecule has 0 spiro atoms. The Balaban J connectivity index is 1.37.